The minimum atomic E-state index is -0.262. The number of hydrogen-bond donors (Lipinski definition) is 0. The van der Waals surface area contributed by atoms with Gasteiger partial charge in [0.1, 0.15) is 5.83 Å². The van der Waals surface area contributed by atoms with Crippen LogP contribution in [0.3, 0.4) is 0 Å². The average Bonchev–Trinajstić information content (AvgIpc) is 1.77. The highest BCUT2D eigenvalue weighted by atomic mass is 32.1. The van der Waals surface area contributed by atoms with E-state index in [9.17, 15) is 4.39 Å². The molecule has 0 atom stereocenters. The molecule has 1 aliphatic rings. The number of rotatable bonds is 0. The van der Waals surface area contributed by atoms with Crippen LogP contribution in [0.25, 0.3) is 0 Å². The molecule has 0 radical (unpaired) electrons. The highest BCUT2D eigenvalue weighted by Crippen LogP contribution is 2.09. The highest BCUT2D eigenvalue weighted by molar-refractivity contribution is 7.80. The lowest BCUT2D eigenvalue weighted by Crippen LogP contribution is -1.94. The Balaban J connectivity index is 2.80. The van der Waals surface area contributed by atoms with E-state index in [1.807, 2.05) is 6.08 Å². The van der Waals surface area contributed by atoms with Crippen molar-refractivity contribution in [3.05, 3.63) is 24.1 Å². The standard InChI is InChI=1S/C6H5FS/c7-5-3-1-2-4-6(5)8/h1-3H,4H2. The van der Waals surface area contributed by atoms with Crippen LogP contribution in [0.4, 0.5) is 4.39 Å². The summed E-state index contributed by atoms with van der Waals surface area (Å²) < 4.78 is 12.2. The zero-order valence-electron chi connectivity index (χ0n) is 4.23. The van der Waals surface area contributed by atoms with Gasteiger partial charge >= 0.3 is 0 Å². The molecule has 0 aromatic heterocycles. The minimum absolute atomic E-state index is 0.262. The van der Waals surface area contributed by atoms with Crippen molar-refractivity contribution < 1.29 is 4.39 Å². The first-order chi connectivity index (χ1) is 3.80. The molecule has 1 rings (SSSR count). The van der Waals surface area contributed by atoms with Crippen LogP contribution in [-0.2, 0) is 0 Å². The van der Waals surface area contributed by atoms with Crippen LogP contribution in [0.2, 0.25) is 0 Å². The van der Waals surface area contributed by atoms with Gasteiger partial charge in [0.15, 0.2) is 0 Å². The lowest BCUT2D eigenvalue weighted by molar-refractivity contribution is 0.680. The highest BCUT2D eigenvalue weighted by Gasteiger charge is 2.02. The zero-order chi connectivity index (χ0) is 5.98. The second kappa shape index (κ2) is 2.18. The summed E-state index contributed by atoms with van der Waals surface area (Å²) in [5, 5.41) is 0. The van der Waals surface area contributed by atoms with Gasteiger partial charge < -0.3 is 0 Å². The first kappa shape index (κ1) is 5.63. The van der Waals surface area contributed by atoms with Gasteiger partial charge in [-0.3, -0.25) is 0 Å². The van der Waals surface area contributed by atoms with Crippen molar-refractivity contribution in [2.75, 3.05) is 0 Å². The number of hydrogen-bond acceptors (Lipinski definition) is 1. The third-order valence-electron chi connectivity index (χ3n) is 0.948. The maximum absolute atomic E-state index is 12.2. The molecule has 1 aliphatic carbocycles. The fourth-order valence-corrected chi connectivity index (χ4v) is 0.682. The third kappa shape index (κ3) is 1.01. The maximum atomic E-state index is 12.2. The van der Waals surface area contributed by atoms with E-state index in [4.69, 9.17) is 0 Å². The van der Waals surface area contributed by atoms with E-state index in [0.717, 1.165) is 0 Å². The third-order valence-corrected chi connectivity index (χ3v) is 1.31. The van der Waals surface area contributed by atoms with Crippen molar-refractivity contribution in [1.29, 1.82) is 0 Å². The van der Waals surface area contributed by atoms with Crippen molar-refractivity contribution in [2.24, 2.45) is 0 Å². The molecule has 0 aromatic carbocycles. The summed E-state index contributed by atoms with van der Waals surface area (Å²) in [4.78, 5) is 0.410. The monoisotopic (exact) mass is 128 g/mol. The van der Waals surface area contributed by atoms with Gasteiger partial charge in [0.25, 0.3) is 0 Å². The molecule has 0 heterocycles. The summed E-state index contributed by atoms with van der Waals surface area (Å²) in [6, 6.07) is 0. The van der Waals surface area contributed by atoms with Crippen LogP contribution in [0.5, 0.6) is 0 Å². The van der Waals surface area contributed by atoms with Gasteiger partial charge in [-0.15, -0.1) is 0 Å². The van der Waals surface area contributed by atoms with Crippen LogP contribution in [0.1, 0.15) is 6.42 Å². The molecular formula is C6H5FS. The zero-order valence-corrected chi connectivity index (χ0v) is 5.04. The van der Waals surface area contributed by atoms with Crippen LogP contribution >= 0.6 is 12.2 Å². The van der Waals surface area contributed by atoms with E-state index in [0.29, 0.717) is 11.3 Å². The van der Waals surface area contributed by atoms with E-state index in [2.05, 4.69) is 12.2 Å². The van der Waals surface area contributed by atoms with Crippen molar-refractivity contribution in [3.63, 3.8) is 0 Å². The molecule has 0 saturated carbocycles. The smallest absolute Gasteiger partial charge is 0.137 e. The molecule has 0 fully saturated rings. The normalized spacial score (nSPS) is 18.6. The van der Waals surface area contributed by atoms with Crippen LogP contribution < -0.4 is 0 Å². The average molecular weight is 128 g/mol. The number of thiocarbonyl (C=S) groups is 1. The quantitative estimate of drug-likeness (QED) is 0.450. The Bertz CT molecular complexity index is 167. The summed E-state index contributed by atoms with van der Waals surface area (Å²) in [5.41, 5.74) is 0. The summed E-state index contributed by atoms with van der Waals surface area (Å²) in [6.07, 6.45) is 5.47. The molecule has 42 valence electrons. The molecule has 0 bridgehead atoms. The Morgan fingerprint density at radius 3 is 2.75 bits per heavy atom. The lowest BCUT2D eigenvalue weighted by atomic mass is 10.2. The Labute approximate surface area is 52.7 Å². The first-order valence-electron chi connectivity index (χ1n) is 2.36. The number of allylic oxidation sites excluding steroid dienone is 4. The topological polar surface area (TPSA) is 0 Å². The minimum Gasteiger partial charge on any atom is -0.206 e. The van der Waals surface area contributed by atoms with Crippen molar-refractivity contribution in [3.8, 4) is 0 Å². The van der Waals surface area contributed by atoms with Gasteiger partial charge in [0.2, 0.25) is 0 Å². The van der Waals surface area contributed by atoms with Crippen molar-refractivity contribution in [1.82, 2.24) is 0 Å². The molecule has 0 aliphatic heterocycles. The van der Waals surface area contributed by atoms with Crippen LogP contribution in [-0.4, -0.2) is 4.86 Å². The SMILES string of the molecule is FC1=CC=CCC1=S. The lowest BCUT2D eigenvalue weighted by Gasteiger charge is -1.98. The molecule has 0 aromatic rings. The molecule has 0 nitrogen and oxygen atoms in total. The fourth-order valence-electron chi connectivity index (χ4n) is 0.518. The second-order valence-corrected chi connectivity index (χ2v) is 2.06. The van der Waals surface area contributed by atoms with Gasteiger partial charge in [-0.05, 0) is 6.08 Å². The van der Waals surface area contributed by atoms with E-state index < -0.39 is 0 Å². The molecule has 0 unspecified atom stereocenters. The molecule has 0 saturated heterocycles. The summed E-state index contributed by atoms with van der Waals surface area (Å²) >= 11 is 4.63. The maximum Gasteiger partial charge on any atom is 0.137 e. The first-order valence-corrected chi connectivity index (χ1v) is 2.77. The van der Waals surface area contributed by atoms with E-state index >= 15 is 0 Å². The second-order valence-electron chi connectivity index (χ2n) is 1.57. The predicted octanol–water partition coefficient (Wildman–Crippen LogP) is 2.17. The molecule has 2 heteroatoms. The van der Waals surface area contributed by atoms with E-state index in [1.165, 1.54) is 6.08 Å². The predicted molar refractivity (Wildman–Crippen MR) is 35.5 cm³/mol. The Morgan fingerprint density at radius 1 is 1.62 bits per heavy atom. The molecule has 8 heavy (non-hydrogen) atoms. The van der Waals surface area contributed by atoms with E-state index in [1.54, 1.807) is 6.08 Å². The Hall–Kier alpha value is -0.500. The van der Waals surface area contributed by atoms with Crippen LogP contribution in [0.15, 0.2) is 24.1 Å². The fraction of sp³-hybridized carbons (Fsp3) is 0.167. The van der Waals surface area contributed by atoms with Crippen molar-refractivity contribution >= 4 is 17.1 Å². The Kier molecular flexibility index (Phi) is 1.53. The van der Waals surface area contributed by atoms with Crippen LogP contribution in [0, 0.1) is 0 Å². The number of halogens is 1. The van der Waals surface area contributed by atoms with Gasteiger partial charge in [-0.25, -0.2) is 4.39 Å². The largest absolute Gasteiger partial charge is 0.206 e. The summed E-state index contributed by atoms with van der Waals surface area (Å²) in [5.74, 6) is -0.262. The Morgan fingerprint density at radius 2 is 2.38 bits per heavy atom. The van der Waals surface area contributed by atoms with E-state index in [-0.39, 0.29) is 5.83 Å². The van der Waals surface area contributed by atoms with Gasteiger partial charge in [0.05, 0.1) is 4.86 Å². The molecule has 0 amide bonds. The van der Waals surface area contributed by atoms with Gasteiger partial charge in [0, 0.05) is 6.42 Å². The van der Waals surface area contributed by atoms with Gasteiger partial charge in [-0.1, -0.05) is 24.4 Å². The summed E-state index contributed by atoms with van der Waals surface area (Å²) in [7, 11) is 0. The summed E-state index contributed by atoms with van der Waals surface area (Å²) in [6.45, 7) is 0. The molecule has 0 spiro atoms. The molecule has 0 N–H and O–H groups in total. The van der Waals surface area contributed by atoms with Crippen molar-refractivity contribution in [2.45, 2.75) is 6.42 Å². The van der Waals surface area contributed by atoms with Gasteiger partial charge in [-0.2, -0.15) is 0 Å². The molecular weight excluding hydrogens is 123 g/mol.